The summed E-state index contributed by atoms with van der Waals surface area (Å²) in [5.74, 6) is -9.62. The summed E-state index contributed by atoms with van der Waals surface area (Å²) in [4.78, 5) is 117. The smallest absolute Gasteiger partial charge is 0.325 e. The van der Waals surface area contributed by atoms with Crippen molar-refractivity contribution >= 4 is 59.2 Å². The molecule has 7 amide bonds. The Balaban J connectivity index is 5.73. The third-order valence-corrected chi connectivity index (χ3v) is 8.05. The van der Waals surface area contributed by atoms with Crippen LogP contribution in [-0.4, -0.2) is 136 Å². The molecule has 0 aromatic carbocycles. The van der Waals surface area contributed by atoms with Gasteiger partial charge in [0.2, 0.25) is 41.4 Å². The zero-order chi connectivity index (χ0) is 44.2. The molecule has 0 radical (unpaired) electrons. The number of nitrogens with zero attached hydrogens (tertiary/aromatic N) is 1. The second kappa shape index (κ2) is 25.6. The second-order valence-electron chi connectivity index (χ2n) is 14.4. The van der Waals surface area contributed by atoms with Gasteiger partial charge >= 0.3 is 11.9 Å². The Hall–Kier alpha value is -5.58. The van der Waals surface area contributed by atoms with Crippen molar-refractivity contribution in [2.45, 2.75) is 129 Å². The van der Waals surface area contributed by atoms with Gasteiger partial charge in [0.15, 0.2) is 5.96 Å². The van der Waals surface area contributed by atoms with Gasteiger partial charge in [-0.2, -0.15) is 0 Å². The van der Waals surface area contributed by atoms with Gasteiger partial charge in [-0.1, -0.05) is 27.7 Å². The minimum Gasteiger partial charge on any atom is -0.481 e. The Kier molecular flexibility index (Phi) is 23.1. The van der Waals surface area contributed by atoms with Gasteiger partial charge in [0.05, 0.1) is 19.1 Å². The lowest BCUT2D eigenvalue weighted by atomic mass is 10.0. The van der Waals surface area contributed by atoms with E-state index in [1.807, 2.05) is 0 Å². The molecule has 8 atom stereocenters. The van der Waals surface area contributed by atoms with Crippen LogP contribution >= 0.6 is 0 Å². The molecular formula is C34H61N11O12. The summed E-state index contributed by atoms with van der Waals surface area (Å²) in [7, 11) is 0. The van der Waals surface area contributed by atoms with Crippen LogP contribution in [0.4, 0.5) is 0 Å². The standard InChI is InChI=1S/C34H61N11O12/c1-15(2)11-21(29(52)41-19(7)33(56)57)42-27(50)18(6)40-32(55)24(14-46)45-31(54)23(13-25(47)48)44-30(53)22(12-16(3)4)43-26(49)17(5)39-28(51)20(35)9-8-10-38-34(36)37/h15-24,46H,8-14,35H2,1-7H3,(H,39,51)(H,40,55)(H,41,52)(H,42,50)(H,43,49)(H,44,53)(H,45,54)(H,47,48)(H,56,57)(H4,36,37,38)/t17-,18-,19-,20-,21-,22-,23-,24-/m0/s1. The van der Waals surface area contributed by atoms with Crippen molar-refractivity contribution in [3.8, 4) is 0 Å². The fraction of sp³-hybridized carbons (Fsp3) is 0.706. The Labute approximate surface area is 330 Å². The number of amides is 7. The Bertz CT molecular complexity index is 1450. The summed E-state index contributed by atoms with van der Waals surface area (Å²) in [6.07, 6.45) is -0.263. The zero-order valence-corrected chi connectivity index (χ0v) is 33.4. The van der Waals surface area contributed by atoms with E-state index < -0.39 is 115 Å². The number of hydrogen-bond donors (Lipinski definition) is 13. The first-order chi connectivity index (χ1) is 26.4. The lowest BCUT2D eigenvalue weighted by Gasteiger charge is -2.26. The molecule has 23 heteroatoms. The van der Waals surface area contributed by atoms with E-state index in [-0.39, 0.29) is 43.6 Å². The maximum absolute atomic E-state index is 13.4. The van der Waals surface area contributed by atoms with Gasteiger partial charge in [0, 0.05) is 6.54 Å². The number of nitrogens with one attached hydrogen (secondary N) is 7. The van der Waals surface area contributed by atoms with Gasteiger partial charge in [-0.15, -0.1) is 0 Å². The zero-order valence-electron chi connectivity index (χ0n) is 33.4. The van der Waals surface area contributed by atoms with E-state index in [9.17, 15) is 53.4 Å². The molecule has 16 N–H and O–H groups in total. The molecule has 0 heterocycles. The van der Waals surface area contributed by atoms with Crippen LogP contribution in [0.3, 0.4) is 0 Å². The monoisotopic (exact) mass is 815 g/mol. The lowest BCUT2D eigenvalue weighted by Crippen LogP contribution is -2.60. The van der Waals surface area contributed by atoms with E-state index in [1.165, 1.54) is 20.8 Å². The van der Waals surface area contributed by atoms with Crippen molar-refractivity contribution in [1.82, 2.24) is 37.2 Å². The van der Waals surface area contributed by atoms with E-state index in [0.717, 1.165) is 0 Å². The summed E-state index contributed by atoms with van der Waals surface area (Å²) >= 11 is 0. The topological polar surface area (TPSA) is 389 Å². The summed E-state index contributed by atoms with van der Waals surface area (Å²) in [6.45, 7) is 10.0. The molecule has 0 aromatic heterocycles. The minimum atomic E-state index is -1.82. The van der Waals surface area contributed by atoms with Gasteiger partial charge in [-0.3, -0.25) is 48.1 Å². The number of carbonyl (C=O) groups is 9. The molecule has 0 aliphatic carbocycles. The van der Waals surface area contributed by atoms with E-state index in [0.29, 0.717) is 6.42 Å². The molecule has 0 aliphatic rings. The van der Waals surface area contributed by atoms with Gasteiger partial charge in [0.1, 0.15) is 42.3 Å². The Morgan fingerprint density at radius 1 is 0.544 bits per heavy atom. The third kappa shape index (κ3) is 20.8. The maximum Gasteiger partial charge on any atom is 0.325 e. The molecule has 0 saturated heterocycles. The Morgan fingerprint density at radius 3 is 1.35 bits per heavy atom. The van der Waals surface area contributed by atoms with Crippen LogP contribution < -0.4 is 54.4 Å². The summed E-state index contributed by atoms with van der Waals surface area (Å²) in [5, 5.41) is 44.8. The number of guanidine groups is 1. The number of aliphatic imine (C=N–C) groups is 1. The van der Waals surface area contributed by atoms with Crippen molar-refractivity contribution < 1.29 is 58.5 Å². The third-order valence-electron chi connectivity index (χ3n) is 8.05. The summed E-state index contributed by atoms with van der Waals surface area (Å²) in [6, 6.07) is -10.8. The molecule has 0 fully saturated rings. The fourth-order valence-electron chi connectivity index (χ4n) is 4.91. The molecule has 0 bridgehead atoms. The molecule has 324 valence electrons. The number of carboxylic acids is 2. The lowest BCUT2D eigenvalue weighted by molar-refractivity contribution is -0.142. The van der Waals surface area contributed by atoms with Gasteiger partial charge in [-0.05, 0) is 58.3 Å². The average Bonchev–Trinajstić information content (AvgIpc) is 3.09. The number of aliphatic hydroxyl groups excluding tert-OH is 1. The van der Waals surface area contributed by atoms with Crippen LogP contribution in [0.1, 0.15) is 80.6 Å². The van der Waals surface area contributed by atoms with Gasteiger partial charge in [-0.25, -0.2) is 0 Å². The predicted octanol–water partition coefficient (Wildman–Crippen LogP) is -4.54. The van der Waals surface area contributed by atoms with E-state index in [2.05, 4.69) is 42.2 Å². The fourth-order valence-corrected chi connectivity index (χ4v) is 4.91. The number of rotatable bonds is 26. The highest BCUT2D eigenvalue weighted by Crippen LogP contribution is 2.09. The van der Waals surface area contributed by atoms with Crippen LogP contribution in [-0.2, 0) is 43.2 Å². The first kappa shape index (κ1) is 51.4. The molecule has 57 heavy (non-hydrogen) atoms. The van der Waals surface area contributed by atoms with E-state index >= 15 is 0 Å². The highest BCUT2D eigenvalue weighted by molar-refractivity contribution is 5.98. The molecule has 23 nitrogen and oxygen atoms in total. The predicted molar refractivity (Wildman–Crippen MR) is 204 cm³/mol. The maximum atomic E-state index is 13.4. The molecular weight excluding hydrogens is 754 g/mol. The van der Waals surface area contributed by atoms with E-state index in [1.54, 1.807) is 27.7 Å². The molecule has 0 saturated carbocycles. The van der Waals surface area contributed by atoms with Crippen molar-refractivity contribution in [1.29, 1.82) is 0 Å². The quantitative estimate of drug-likeness (QED) is 0.0222. The normalized spacial score (nSPS) is 15.2. The first-order valence-corrected chi connectivity index (χ1v) is 18.4. The first-order valence-electron chi connectivity index (χ1n) is 18.4. The average molecular weight is 816 g/mol. The second-order valence-corrected chi connectivity index (χ2v) is 14.4. The molecule has 0 rings (SSSR count). The summed E-state index contributed by atoms with van der Waals surface area (Å²) < 4.78 is 0. The Morgan fingerprint density at radius 2 is 0.930 bits per heavy atom. The highest BCUT2D eigenvalue weighted by atomic mass is 16.4. The molecule has 0 unspecified atom stereocenters. The van der Waals surface area contributed by atoms with Crippen molar-refractivity contribution in [2.24, 2.45) is 34.0 Å². The van der Waals surface area contributed by atoms with Crippen LogP contribution in [0.15, 0.2) is 4.99 Å². The van der Waals surface area contributed by atoms with Crippen LogP contribution in [0.25, 0.3) is 0 Å². The minimum absolute atomic E-state index is 0.0177. The number of carboxylic acid groups (broad SMARTS) is 2. The molecule has 0 aliphatic heterocycles. The van der Waals surface area contributed by atoms with Crippen LogP contribution in [0.5, 0.6) is 0 Å². The largest absolute Gasteiger partial charge is 0.481 e. The number of carbonyl (C=O) groups excluding carboxylic acids is 7. The highest BCUT2D eigenvalue weighted by Gasteiger charge is 2.34. The van der Waals surface area contributed by atoms with Crippen molar-refractivity contribution in [3.63, 3.8) is 0 Å². The molecule has 0 spiro atoms. The number of nitrogens with two attached hydrogens (primary N) is 3. The molecule has 0 aromatic rings. The number of aliphatic carboxylic acids is 2. The van der Waals surface area contributed by atoms with Crippen LogP contribution in [0.2, 0.25) is 0 Å². The van der Waals surface area contributed by atoms with Gasteiger partial charge < -0.3 is 69.7 Å². The van der Waals surface area contributed by atoms with Crippen molar-refractivity contribution in [3.05, 3.63) is 0 Å². The number of hydrogen-bond acceptors (Lipinski definition) is 12. The van der Waals surface area contributed by atoms with Gasteiger partial charge in [0.25, 0.3) is 0 Å². The summed E-state index contributed by atoms with van der Waals surface area (Å²) in [5.41, 5.74) is 16.4. The van der Waals surface area contributed by atoms with Crippen LogP contribution in [0, 0.1) is 11.8 Å². The van der Waals surface area contributed by atoms with E-state index in [4.69, 9.17) is 22.3 Å². The van der Waals surface area contributed by atoms with Crippen molar-refractivity contribution in [2.75, 3.05) is 13.2 Å². The SMILES string of the molecule is CC(C)C[C@H](NC(=O)[C@H](C)NC(=O)[C@H](CO)NC(=O)[C@H](CC(=O)O)NC(=O)[C@H](CC(C)C)NC(=O)[C@H](C)NC(=O)[C@@H](N)CCCN=C(N)N)C(=O)N[C@@H](C)C(=O)O. The number of aliphatic hydroxyl groups is 1.